The number of nitrogens with zero attached hydrogens (tertiary/aromatic N) is 2. The molecular weight excluding hydrogens is 606 g/mol. The minimum absolute atomic E-state index is 0.0244. The molecule has 0 aliphatic rings. The summed E-state index contributed by atoms with van der Waals surface area (Å²) in [6.45, 7) is 9.36. The van der Waals surface area contributed by atoms with Gasteiger partial charge in [-0.3, -0.25) is 13.9 Å². The molecule has 2 atom stereocenters. The van der Waals surface area contributed by atoms with E-state index in [0.717, 1.165) is 26.3 Å². The Morgan fingerprint density at radius 1 is 0.927 bits per heavy atom. The molecule has 3 aromatic carbocycles. The number of sulfonamides is 1. The molecule has 10 heteroatoms. The van der Waals surface area contributed by atoms with Gasteiger partial charge in [0.15, 0.2) is 0 Å². The first-order chi connectivity index (χ1) is 19.5. The fourth-order valence-electron chi connectivity index (χ4n) is 4.08. The van der Waals surface area contributed by atoms with Crippen LogP contribution in [-0.2, 0) is 26.2 Å². The number of amides is 2. The number of aryl methyl sites for hydroxylation is 1. The van der Waals surface area contributed by atoms with E-state index in [1.54, 1.807) is 43.3 Å². The van der Waals surface area contributed by atoms with Crippen molar-refractivity contribution in [2.75, 3.05) is 17.5 Å². The number of benzene rings is 3. The predicted octanol–water partition coefficient (Wildman–Crippen LogP) is 5.68. The summed E-state index contributed by atoms with van der Waals surface area (Å²) in [4.78, 5) is 28.6. The fraction of sp³-hybridized carbons (Fsp3) is 0.355. The van der Waals surface area contributed by atoms with Crippen LogP contribution in [0.4, 0.5) is 5.69 Å². The van der Waals surface area contributed by atoms with Gasteiger partial charge < -0.3 is 15.0 Å². The molecule has 220 valence electrons. The minimum atomic E-state index is -4.15. The van der Waals surface area contributed by atoms with E-state index in [1.165, 1.54) is 17.0 Å². The Hall–Kier alpha value is -3.37. The van der Waals surface area contributed by atoms with E-state index in [0.29, 0.717) is 18.0 Å². The summed E-state index contributed by atoms with van der Waals surface area (Å²) in [5.74, 6) is -0.262. The van der Waals surface area contributed by atoms with Gasteiger partial charge in [-0.15, -0.1) is 0 Å². The Morgan fingerprint density at radius 2 is 1.54 bits per heavy atom. The Bertz CT molecular complexity index is 1410. The van der Waals surface area contributed by atoms with E-state index in [-0.39, 0.29) is 23.4 Å². The molecule has 0 fully saturated rings. The lowest BCUT2D eigenvalue weighted by atomic mass is 10.1. The van der Waals surface area contributed by atoms with Crippen molar-refractivity contribution in [3.05, 3.63) is 88.4 Å². The minimum Gasteiger partial charge on any atom is -0.494 e. The van der Waals surface area contributed by atoms with Crippen molar-refractivity contribution >= 4 is 43.5 Å². The normalized spacial score (nSPS) is 12.7. The first-order valence-electron chi connectivity index (χ1n) is 13.6. The van der Waals surface area contributed by atoms with Crippen LogP contribution in [0.15, 0.2) is 82.2 Å². The molecule has 0 bridgehead atoms. The van der Waals surface area contributed by atoms with E-state index in [9.17, 15) is 18.0 Å². The van der Waals surface area contributed by atoms with Crippen LogP contribution in [0.1, 0.15) is 45.2 Å². The van der Waals surface area contributed by atoms with Gasteiger partial charge in [0.25, 0.3) is 10.0 Å². The van der Waals surface area contributed by atoms with Crippen LogP contribution < -0.4 is 14.4 Å². The summed E-state index contributed by atoms with van der Waals surface area (Å²) in [7, 11) is -4.15. The van der Waals surface area contributed by atoms with E-state index in [4.69, 9.17) is 4.74 Å². The molecule has 3 rings (SSSR count). The molecule has 0 aromatic heterocycles. The average molecular weight is 645 g/mol. The number of carbonyl (C=O) groups is 2. The topological polar surface area (TPSA) is 96.0 Å². The maximum Gasteiger partial charge on any atom is 0.264 e. The molecule has 0 heterocycles. The molecule has 0 saturated carbocycles. The van der Waals surface area contributed by atoms with Crippen LogP contribution in [0.2, 0.25) is 0 Å². The van der Waals surface area contributed by atoms with Crippen molar-refractivity contribution in [3.63, 3.8) is 0 Å². The van der Waals surface area contributed by atoms with E-state index in [1.807, 2.05) is 52.0 Å². The molecule has 0 aliphatic heterocycles. The van der Waals surface area contributed by atoms with Gasteiger partial charge in [-0.2, -0.15) is 0 Å². The van der Waals surface area contributed by atoms with Crippen LogP contribution in [0, 0.1) is 6.92 Å². The number of hydrogen-bond acceptors (Lipinski definition) is 5. The number of nitrogens with one attached hydrogen (secondary N) is 1. The smallest absolute Gasteiger partial charge is 0.264 e. The van der Waals surface area contributed by atoms with Gasteiger partial charge in [0, 0.05) is 17.1 Å². The third-order valence-corrected chi connectivity index (χ3v) is 9.07. The molecule has 2 amide bonds. The zero-order valence-electron chi connectivity index (χ0n) is 24.1. The third kappa shape index (κ3) is 8.56. The second-order valence-electron chi connectivity index (χ2n) is 9.89. The molecule has 0 radical (unpaired) electrons. The van der Waals surface area contributed by atoms with E-state index < -0.39 is 28.5 Å². The lowest BCUT2D eigenvalue weighted by molar-refractivity contribution is -0.139. The van der Waals surface area contributed by atoms with Gasteiger partial charge in [-0.05, 0) is 88.2 Å². The largest absolute Gasteiger partial charge is 0.494 e. The number of ether oxygens (including phenoxy) is 1. The van der Waals surface area contributed by atoms with Crippen molar-refractivity contribution < 1.29 is 22.7 Å². The van der Waals surface area contributed by atoms with Crippen molar-refractivity contribution in [3.8, 4) is 5.75 Å². The SMILES string of the molecule is CCOc1ccc(S(=O)(=O)N(CC(=O)N(Cc2ccc(Br)cc2)[C@@H](C)C(=O)N[C@H](C)CC)c2ccc(C)cc2)cc1. The van der Waals surface area contributed by atoms with Gasteiger partial charge in [0.2, 0.25) is 11.8 Å². The van der Waals surface area contributed by atoms with Gasteiger partial charge in [-0.25, -0.2) is 8.42 Å². The lowest BCUT2D eigenvalue weighted by Crippen LogP contribution is -2.52. The summed E-state index contributed by atoms with van der Waals surface area (Å²) in [5, 5.41) is 2.94. The predicted molar refractivity (Wildman–Crippen MR) is 165 cm³/mol. The monoisotopic (exact) mass is 643 g/mol. The number of anilines is 1. The number of rotatable bonds is 13. The Labute approximate surface area is 251 Å². The molecule has 41 heavy (non-hydrogen) atoms. The summed E-state index contributed by atoms with van der Waals surface area (Å²) in [6, 6.07) is 19.6. The zero-order chi connectivity index (χ0) is 30.2. The molecule has 0 unspecified atom stereocenters. The molecule has 3 aromatic rings. The van der Waals surface area contributed by atoms with E-state index >= 15 is 0 Å². The Morgan fingerprint density at radius 3 is 2.10 bits per heavy atom. The summed E-state index contributed by atoms with van der Waals surface area (Å²) in [6.07, 6.45) is 0.737. The third-order valence-electron chi connectivity index (χ3n) is 6.76. The molecule has 1 N–H and O–H groups in total. The first kappa shape index (κ1) is 32.1. The maximum atomic E-state index is 14.0. The van der Waals surface area contributed by atoms with Crippen molar-refractivity contribution in [2.24, 2.45) is 0 Å². The van der Waals surface area contributed by atoms with Crippen molar-refractivity contribution in [2.45, 2.75) is 64.6 Å². The van der Waals surface area contributed by atoms with Gasteiger partial charge >= 0.3 is 0 Å². The maximum absolute atomic E-state index is 14.0. The van der Waals surface area contributed by atoms with Crippen LogP contribution >= 0.6 is 15.9 Å². The van der Waals surface area contributed by atoms with E-state index in [2.05, 4.69) is 21.2 Å². The highest BCUT2D eigenvalue weighted by molar-refractivity contribution is 9.10. The Kier molecular flexibility index (Phi) is 11.4. The van der Waals surface area contributed by atoms with Crippen LogP contribution in [0.25, 0.3) is 0 Å². The van der Waals surface area contributed by atoms with Gasteiger partial charge in [-0.1, -0.05) is 52.7 Å². The molecule has 8 nitrogen and oxygen atoms in total. The molecule has 0 aliphatic carbocycles. The quantitative estimate of drug-likeness (QED) is 0.258. The summed E-state index contributed by atoms with van der Waals surface area (Å²) in [5.41, 5.74) is 2.10. The highest BCUT2D eigenvalue weighted by Crippen LogP contribution is 2.26. The zero-order valence-corrected chi connectivity index (χ0v) is 26.5. The first-order valence-corrected chi connectivity index (χ1v) is 15.9. The van der Waals surface area contributed by atoms with Crippen LogP contribution in [0.3, 0.4) is 0 Å². The second kappa shape index (κ2) is 14.5. The highest BCUT2D eigenvalue weighted by atomic mass is 79.9. The average Bonchev–Trinajstić information content (AvgIpc) is 2.96. The fourth-order valence-corrected chi connectivity index (χ4v) is 5.75. The summed E-state index contributed by atoms with van der Waals surface area (Å²) >= 11 is 3.42. The second-order valence-corrected chi connectivity index (χ2v) is 12.7. The molecular formula is C31H38BrN3O5S. The summed E-state index contributed by atoms with van der Waals surface area (Å²) < 4.78 is 35.4. The standard InChI is InChI=1S/C31H38BrN3O5S/c1-6-23(4)33-31(37)24(5)34(20-25-10-12-26(32)13-11-25)30(36)21-35(27-14-8-22(3)9-15-27)41(38,39)29-18-16-28(17-19-29)40-7-2/h8-19,23-24H,6-7,20-21H2,1-5H3,(H,33,37)/t23-,24+/m1/s1. The van der Waals surface area contributed by atoms with Gasteiger partial charge in [0.1, 0.15) is 18.3 Å². The molecule has 0 saturated heterocycles. The number of halogens is 1. The number of carbonyl (C=O) groups excluding carboxylic acids is 2. The van der Waals surface area contributed by atoms with Crippen molar-refractivity contribution in [1.29, 1.82) is 0 Å². The molecule has 0 spiro atoms. The van der Waals surface area contributed by atoms with Crippen LogP contribution in [0.5, 0.6) is 5.75 Å². The highest BCUT2D eigenvalue weighted by Gasteiger charge is 2.32. The van der Waals surface area contributed by atoms with Gasteiger partial charge in [0.05, 0.1) is 17.2 Å². The Balaban J connectivity index is 2.01. The lowest BCUT2D eigenvalue weighted by Gasteiger charge is -2.32. The van der Waals surface area contributed by atoms with Crippen LogP contribution in [-0.4, -0.2) is 50.4 Å². The van der Waals surface area contributed by atoms with Crippen molar-refractivity contribution in [1.82, 2.24) is 10.2 Å². The number of hydrogen-bond donors (Lipinski definition) is 1.